The molecule has 0 spiro atoms. The maximum absolute atomic E-state index is 14.0. The van der Waals surface area contributed by atoms with Crippen molar-refractivity contribution in [3.8, 4) is 5.75 Å². The molecule has 0 unspecified atom stereocenters. The average molecular weight is 540 g/mol. The van der Waals surface area contributed by atoms with E-state index < -0.39 is 24.4 Å². The van der Waals surface area contributed by atoms with Gasteiger partial charge in [0.15, 0.2) is 6.61 Å². The second kappa shape index (κ2) is 12.9. The third-order valence-electron chi connectivity index (χ3n) is 7.11. The Bertz CT molecular complexity index is 1070. The predicted octanol–water partition coefficient (Wildman–Crippen LogP) is 5.95. The number of carbonyl (C=O) groups is 1. The first kappa shape index (κ1) is 29.9. The van der Waals surface area contributed by atoms with Crippen molar-refractivity contribution in [3.63, 3.8) is 0 Å². The van der Waals surface area contributed by atoms with Crippen LogP contribution in [0.25, 0.3) is 0 Å². The van der Waals surface area contributed by atoms with Gasteiger partial charge < -0.3 is 19.1 Å². The van der Waals surface area contributed by atoms with E-state index in [0.717, 1.165) is 11.1 Å². The number of carbonyl (C=O) groups excluding carboxylic acids is 1. The van der Waals surface area contributed by atoms with Gasteiger partial charge in [-0.05, 0) is 67.1 Å². The predicted molar refractivity (Wildman–Crippen MR) is 137 cm³/mol. The van der Waals surface area contributed by atoms with Crippen LogP contribution < -0.4 is 4.74 Å². The van der Waals surface area contributed by atoms with Gasteiger partial charge in [0, 0.05) is 32.5 Å². The summed E-state index contributed by atoms with van der Waals surface area (Å²) in [4.78, 5) is 14.7. The molecule has 0 heterocycles. The quantitative estimate of drug-likeness (QED) is 0.247. The molecule has 1 aliphatic carbocycles. The van der Waals surface area contributed by atoms with Gasteiger partial charge in [0.05, 0.1) is 0 Å². The molecule has 0 aromatic heterocycles. The number of ether oxygens (including phenoxy) is 3. The van der Waals surface area contributed by atoms with Crippen LogP contribution in [-0.2, 0) is 27.1 Å². The third kappa shape index (κ3) is 7.93. The normalized spacial score (nSPS) is 19.5. The molecule has 0 saturated heterocycles. The number of hydrogen-bond acceptors (Lipinski definition) is 5. The van der Waals surface area contributed by atoms with Gasteiger partial charge >= 0.3 is 12.1 Å². The van der Waals surface area contributed by atoms with E-state index in [9.17, 15) is 22.4 Å². The topological polar surface area (TPSA) is 48.0 Å². The summed E-state index contributed by atoms with van der Waals surface area (Å²) in [5.41, 5.74) is 1.83. The van der Waals surface area contributed by atoms with Crippen molar-refractivity contribution in [1.29, 1.82) is 0 Å². The zero-order valence-corrected chi connectivity index (χ0v) is 22.4. The highest BCUT2D eigenvalue weighted by atomic mass is 19.4. The van der Waals surface area contributed by atoms with Gasteiger partial charge in [-0.2, -0.15) is 13.2 Å². The van der Waals surface area contributed by atoms with Gasteiger partial charge in [0.1, 0.15) is 23.8 Å². The number of para-hydroxylation sites is 1. The standard InChI is InChI=1S/C29H37F4NO4/c1-20(2)27-24-10-9-23(30)17-22(24)11-13-28(27,38-26(35)18-36-4)14-16-34(3)15-12-21-7-5-6-8-25(21)37-19-29(31,32)33/h5-10,17,20,27H,11-16,18-19H2,1-4H3/t27-,28-/m1/s1. The van der Waals surface area contributed by atoms with Crippen LogP contribution in [0.3, 0.4) is 0 Å². The lowest BCUT2D eigenvalue weighted by Gasteiger charge is -2.47. The van der Waals surface area contributed by atoms with E-state index in [0.29, 0.717) is 44.3 Å². The molecule has 2 atom stereocenters. The maximum Gasteiger partial charge on any atom is 0.422 e. The van der Waals surface area contributed by atoms with Crippen LogP contribution in [0.4, 0.5) is 17.6 Å². The highest BCUT2D eigenvalue weighted by Crippen LogP contribution is 2.48. The smallest absolute Gasteiger partial charge is 0.422 e. The molecule has 1 aliphatic rings. The lowest BCUT2D eigenvalue weighted by molar-refractivity contribution is -0.172. The van der Waals surface area contributed by atoms with Gasteiger partial charge in [0.2, 0.25) is 0 Å². The molecule has 3 rings (SSSR count). The molecule has 2 aromatic rings. The molecule has 210 valence electrons. The highest BCUT2D eigenvalue weighted by Gasteiger charge is 2.47. The summed E-state index contributed by atoms with van der Waals surface area (Å²) >= 11 is 0. The Hall–Kier alpha value is -2.65. The van der Waals surface area contributed by atoms with Gasteiger partial charge in [-0.1, -0.05) is 38.1 Å². The Morgan fingerprint density at radius 3 is 2.58 bits per heavy atom. The molecule has 38 heavy (non-hydrogen) atoms. The first-order chi connectivity index (χ1) is 17.9. The first-order valence-corrected chi connectivity index (χ1v) is 12.9. The molecule has 2 aromatic carbocycles. The fourth-order valence-electron chi connectivity index (χ4n) is 5.48. The summed E-state index contributed by atoms with van der Waals surface area (Å²) in [5, 5.41) is 0. The molecule has 0 saturated carbocycles. The molecule has 0 radical (unpaired) electrons. The molecule has 0 bridgehead atoms. The van der Waals surface area contributed by atoms with E-state index in [4.69, 9.17) is 14.2 Å². The second-order valence-electron chi connectivity index (χ2n) is 10.4. The Morgan fingerprint density at radius 2 is 1.89 bits per heavy atom. The zero-order valence-electron chi connectivity index (χ0n) is 22.4. The van der Waals surface area contributed by atoms with Crippen LogP contribution in [0.1, 0.15) is 49.3 Å². The lowest BCUT2D eigenvalue weighted by atomic mass is 9.65. The number of benzene rings is 2. The number of fused-ring (bicyclic) bond motifs is 1. The van der Waals surface area contributed by atoms with Crippen molar-refractivity contribution >= 4 is 5.97 Å². The molecule has 9 heteroatoms. The van der Waals surface area contributed by atoms with E-state index in [1.54, 1.807) is 36.4 Å². The van der Waals surface area contributed by atoms with Crippen molar-refractivity contribution in [2.24, 2.45) is 5.92 Å². The molecule has 5 nitrogen and oxygen atoms in total. The molecule has 0 fully saturated rings. The largest absolute Gasteiger partial charge is 0.484 e. The first-order valence-electron chi connectivity index (χ1n) is 12.9. The number of likely N-dealkylation sites (N-methyl/N-ethyl adjacent to an activating group) is 1. The van der Waals surface area contributed by atoms with Gasteiger partial charge in [0.25, 0.3) is 0 Å². The van der Waals surface area contributed by atoms with Crippen molar-refractivity contribution in [3.05, 3.63) is 65.0 Å². The summed E-state index contributed by atoms with van der Waals surface area (Å²) in [5.74, 6) is -0.508. The number of nitrogens with zero attached hydrogens (tertiary/aromatic N) is 1. The number of methoxy groups -OCH3 is 1. The van der Waals surface area contributed by atoms with Crippen molar-refractivity contribution < 1.29 is 36.6 Å². The number of halogens is 4. The summed E-state index contributed by atoms with van der Waals surface area (Å²) in [6.07, 6.45) is -2.22. The number of alkyl halides is 3. The van der Waals surface area contributed by atoms with E-state index in [1.807, 2.05) is 7.05 Å². The second-order valence-corrected chi connectivity index (χ2v) is 10.4. The Morgan fingerprint density at radius 1 is 1.16 bits per heavy atom. The number of aryl methyl sites for hydroxylation is 1. The van der Waals surface area contributed by atoms with Crippen molar-refractivity contribution in [2.45, 2.75) is 57.2 Å². The minimum atomic E-state index is -4.41. The molecular weight excluding hydrogens is 502 g/mol. The van der Waals surface area contributed by atoms with Crippen molar-refractivity contribution in [2.75, 3.05) is 40.5 Å². The van der Waals surface area contributed by atoms with Gasteiger partial charge in [-0.15, -0.1) is 0 Å². The average Bonchev–Trinajstić information content (AvgIpc) is 2.85. The summed E-state index contributed by atoms with van der Waals surface area (Å²) in [7, 11) is 3.37. The minimum Gasteiger partial charge on any atom is -0.484 e. The van der Waals surface area contributed by atoms with Gasteiger partial charge in [-0.25, -0.2) is 9.18 Å². The molecule has 0 amide bonds. The summed E-state index contributed by atoms with van der Waals surface area (Å²) < 4.78 is 68.1. The van der Waals surface area contributed by atoms with Crippen LogP contribution in [0.15, 0.2) is 42.5 Å². The zero-order chi connectivity index (χ0) is 27.9. The number of esters is 1. The maximum atomic E-state index is 14.0. The molecule has 0 aliphatic heterocycles. The van der Waals surface area contributed by atoms with E-state index in [-0.39, 0.29) is 30.0 Å². The SMILES string of the molecule is COCC(=O)O[C@@]1(CCN(C)CCc2ccccc2OCC(F)(F)F)CCc2cc(F)ccc2[C@H]1C(C)C. The Kier molecular flexibility index (Phi) is 10.2. The monoisotopic (exact) mass is 539 g/mol. The van der Waals surface area contributed by atoms with Crippen LogP contribution in [0.2, 0.25) is 0 Å². The van der Waals surface area contributed by atoms with E-state index in [2.05, 4.69) is 18.7 Å². The van der Waals surface area contributed by atoms with Crippen LogP contribution in [-0.4, -0.2) is 63.1 Å². The molecular formula is C29H37F4NO4. The Labute approximate surface area is 222 Å². The van der Waals surface area contributed by atoms with E-state index >= 15 is 0 Å². The third-order valence-corrected chi connectivity index (χ3v) is 7.11. The summed E-state index contributed by atoms with van der Waals surface area (Å²) in [6.45, 7) is 3.81. The highest BCUT2D eigenvalue weighted by molar-refractivity contribution is 5.71. The fourth-order valence-corrected chi connectivity index (χ4v) is 5.48. The molecule has 0 N–H and O–H groups in total. The van der Waals surface area contributed by atoms with Crippen LogP contribution >= 0.6 is 0 Å². The Balaban J connectivity index is 1.75. The van der Waals surface area contributed by atoms with Crippen LogP contribution in [0.5, 0.6) is 5.75 Å². The van der Waals surface area contributed by atoms with Crippen molar-refractivity contribution in [1.82, 2.24) is 4.90 Å². The number of hydrogen-bond donors (Lipinski definition) is 0. The minimum absolute atomic E-state index is 0.123. The van der Waals surface area contributed by atoms with Gasteiger partial charge in [-0.3, -0.25) is 0 Å². The number of rotatable bonds is 12. The fraction of sp³-hybridized carbons (Fsp3) is 0.552. The lowest BCUT2D eigenvalue weighted by Crippen LogP contribution is -2.49. The summed E-state index contributed by atoms with van der Waals surface area (Å²) in [6, 6.07) is 11.5. The van der Waals surface area contributed by atoms with E-state index in [1.165, 1.54) is 13.2 Å². The van der Waals surface area contributed by atoms with Crippen LogP contribution in [0, 0.1) is 11.7 Å².